The highest BCUT2D eigenvalue weighted by Crippen LogP contribution is 2.45. The van der Waals surface area contributed by atoms with Crippen molar-refractivity contribution < 1.29 is 80.2 Å². The first-order valence-electron chi connectivity index (χ1n) is 42.6. The van der Waals surface area contributed by atoms with Crippen LogP contribution in [0.15, 0.2) is 0 Å². The molecule has 0 rings (SSSR count). The van der Waals surface area contributed by atoms with E-state index in [1.807, 2.05) is 0 Å². The van der Waals surface area contributed by atoms with Crippen molar-refractivity contribution in [3.05, 3.63) is 0 Å². The molecule has 0 aromatic heterocycles. The molecule has 0 aromatic carbocycles. The van der Waals surface area contributed by atoms with Crippen molar-refractivity contribution in [3.8, 4) is 0 Å². The Bertz CT molecular complexity index is 1930. The highest BCUT2D eigenvalue weighted by Gasteiger charge is 2.30. The van der Waals surface area contributed by atoms with Crippen LogP contribution in [0.25, 0.3) is 0 Å². The third-order valence-corrected chi connectivity index (χ3v) is 21.2. The highest BCUT2D eigenvalue weighted by molar-refractivity contribution is 7.47. The Labute approximate surface area is 619 Å². The molecule has 0 radical (unpaired) electrons. The van der Waals surface area contributed by atoms with Crippen LogP contribution in [0, 0.1) is 5.92 Å². The zero-order valence-corrected chi connectivity index (χ0v) is 67.8. The Morgan fingerprint density at radius 2 is 0.455 bits per heavy atom. The number of esters is 4. The maximum Gasteiger partial charge on any atom is 0.472 e. The van der Waals surface area contributed by atoms with E-state index in [4.69, 9.17) is 37.0 Å². The normalized spacial score (nSPS) is 13.8. The molecule has 0 aromatic rings. The predicted octanol–water partition coefficient (Wildman–Crippen LogP) is 24.8. The molecule has 0 saturated heterocycles. The van der Waals surface area contributed by atoms with Crippen molar-refractivity contribution in [2.75, 3.05) is 39.6 Å². The molecule has 0 fully saturated rings. The molecule has 0 aliphatic heterocycles. The Morgan fingerprint density at radius 3 is 0.673 bits per heavy atom. The zero-order chi connectivity index (χ0) is 74.1. The molecule has 5 atom stereocenters. The lowest BCUT2D eigenvalue weighted by molar-refractivity contribution is -0.161. The van der Waals surface area contributed by atoms with E-state index in [0.717, 1.165) is 95.8 Å². The summed E-state index contributed by atoms with van der Waals surface area (Å²) >= 11 is 0. The van der Waals surface area contributed by atoms with Gasteiger partial charge in [0.15, 0.2) is 12.2 Å². The molecule has 19 heteroatoms. The molecule has 2 unspecified atom stereocenters. The first kappa shape index (κ1) is 99.1. The van der Waals surface area contributed by atoms with E-state index in [9.17, 15) is 43.2 Å². The van der Waals surface area contributed by atoms with Gasteiger partial charge in [0.05, 0.1) is 26.4 Å². The molecule has 0 heterocycles. The average molecular weight is 1480 g/mol. The Hall–Kier alpha value is -1.94. The summed E-state index contributed by atoms with van der Waals surface area (Å²) in [5.74, 6) is -1.31. The number of unbranched alkanes of at least 4 members (excludes halogenated alkanes) is 54. The van der Waals surface area contributed by atoms with Gasteiger partial charge in [-0.05, 0) is 31.6 Å². The molecule has 0 amide bonds. The Kier molecular flexibility index (Phi) is 73.5. The molecule has 0 spiro atoms. The smallest absolute Gasteiger partial charge is 0.462 e. The molecule has 0 aliphatic carbocycles. The van der Waals surface area contributed by atoms with Crippen LogP contribution >= 0.6 is 15.6 Å². The van der Waals surface area contributed by atoms with E-state index in [2.05, 4.69) is 34.6 Å². The van der Waals surface area contributed by atoms with Crippen molar-refractivity contribution in [1.29, 1.82) is 0 Å². The quantitative estimate of drug-likeness (QED) is 0.0222. The number of rotatable bonds is 82. The predicted molar refractivity (Wildman–Crippen MR) is 414 cm³/mol. The van der Waals surface area contributed by atoms with E-state index in [1.54, 1.807) is 0 Å². The fourth-order valence-electron chi connectivity index (χ4n) is 12.8. The summed E-state index contributed by atoms with van der Waals surface area (Å²) in [4.78, 5) is 73.0. The lowest BCUT2D eigenvalue weighted by atomic mass is 10.0. The molecule has 0 aliphatic rings. The van der Waals surface area contributed by atoms with Crippen LogP contribution in [0.1, 0.15) is 439 Å². The number of phosphoric acid groups is 2. The average Bonchev–Trinajstić information content (AvgIpc) is 0.945. The lowest BCUT2D eigenvalue weighted by Crippen LogP contribution is -2.30. The molecular formula is C82H160O17P2. The molecule has 17 nitrogen and oxygen atoms in total. The summed E-state index contributed by atoms with van der Waals surface area (Å²) in [5.41, 5.74) is 0. The number of aliphatic hydroxyl groups excluding tert-OH is 1. The summed E-state index contributed by atoms with van der Waals surface area (Å²) in [5, 5.41) is 10.6. The van der Waals surface area contributed by atoms with Gasteiger partial charge < -0.3 is 33.8 Å². The second-order valence-electron chi connectivity index (χ2n) is 30.0. The van der Waals surface area contributed by atoms with Gasteiger partial charge in [-0.25, -0.2) is 9.13 Å². The monoisotopic (exact) mass is 1480 g/mol. The van der Waals surface area contributed by atoms with Gasteiger partial charge in [-0.1, -0.05) is 388 Å². The van der Waals surface area contributed by atoms with Crippen LogP contribution < -0.4 is 0 Å². The van der Waals surface area contributed by atoms with E-state index < -0.39 is 97.5 Å². The molecule has 3 N–H and O–H groups in total. The largest absolute Gasteiger partial charge is 0.472 e. The van der Waals surface area contributed by atoms with Crippen LogP contribution in [0.4, 0.5) is 0 Å². The number of aliphatic hydroxyl groups is 1. The number of carbonyl (C=O) groups is 4. The second kappa shape index (κ2) is 74.9. The van der Waals surface area contributed by atoms with Crippen molar-refractivity contribution >= 4 is 39.5 Å². The third kappa shape index (κ3) is 76.1. The zero-order valence-electron chi connectivity index (χ0n) is 66.1. The minimum atomic E-state index is -4.96. The van der Waals surface area contributed by atoms with Gasteiger partial charge in [0.2, 0.25) is 0 Å². The summed E-state index contributed by atoms with van der Waals surface area (Å²) in [6.45, 7) is 7.34. The van der Waals surface area contributed by atoms with Crippen molar-refractivity contribution in [1.82, 2.24) is 0 Å². The maximum atomic E-state index is 13.1. The van der Waals surface area contributed by atoms with Gasteiger partial charge in [0, 0.05) is 25.7 Å². The highest BCUT2D eigenvalue weighted by atomic mass is 31.2. The van der Waals surface area contributed by atoms with Gasteiger partial charge in [-0.15, -0.1) is 0 Å². The van der Waals surface area contributed by atoms with Crippen LogP contribution in [0.3, 0.4) is 0 Å². The Morgan fingerprint density at radius 1 is 0.267 bits per heavy atom. The summed E-state index contributed by atoms with van der Waals surface area (Å²) < 4.78 is 68.7. The molecule has 0 bridgehead atoms. The molecule has 0 saturated carbocycles. The number of phosphoric ester groups is 2. The number of hydrogen-bond donors (Lipinski definition) is 3. The number of hydrogen-bond acceptors (Lipinski definition) is 15. The van der Waals surface area contributed by atoms with Gasteiger partial charge in [-0.2, -0.15) is 0 Å². The standard InChI is InChI=1S/C82H160O17P2/c1-6-9-12-15-18-21-23-25-27-29-30-31-32-34-40-44-48-53-58-63-68-82(87)99-78(72-93-80(85)66-61-56-51-46-42-38-36-35-37-41-45-49-54-59-64-75(4)5)74-97-101(90,91)95-70-76(83)69-94-100(88,89)96-73-77(71-92-79(84)65-60-55-50-20-17-14-11-8-3)98-81(86)67-62-57-52-47-43-39-33-28-26-24-22-19-16-13-10-7-2/h75-78,83H,6-74H2,1-5H3,(H,88,89)(H,90,91)/t76-,77+,78+/m0/s1. The van der Waals surface area contributed by atoms with Crippen LogP contribution in [0.2, 0.25) is 0 Å². The van der Waals surface area contributed by atoms with Gasteiger partial charge in [-0.3, -0.25) is 37.3 Å². The topological polar surface area (TPSA) is 237 Å². The fraction of sp³-hybridized carbons (Fsp3) is 0.951. The molecular weight excluding hydrogens is 1320 g/mol. The second-order valence-corrected chi connectivity index (χ2v) is 32.9. The first-order valence-corrected chi connectivity index (χ1v) is 45.6. The van der Waals surface area contributed by atoms with E-state index in [0.29, 0.717) is 25.7 Å². The van der Waals surface area contributed by atoms with E-state index in [-0.39, 0.29) is 25.7 Å². The van der Waals surface area contributed by atoms with Crippen LogP contribution in [-0.2, 0) is 65.4 Å². The summed E-state index contributed by atoms with van der Waals surface area (Å²) in [6, 6.07) is 0. The Balaban J connectivity index is 5.19. The molecule has 600 valence electrons. The number of carbonyl (C=O) groups excluding carboxylic acids is 4. The van der Waals surface area contributed by atoms with Crippen LogP contribution in [0.5, 0.6) is 0 Å². The van der Waals surface area contributed by atoms with Crippen molar-refractivity contribution in [2.24, 2.45) is 5.92 Å². The number of ether oxygens (including phenoxy) is 4. The maximum absolute atomic E-state index is 13.1. The first-order chi connectivity index (χ1) is 49.0. The minimum Gasteiger partial charge on any atom is -0.462 e. The van der Waals surface area contributed by atoms with Crippen LogP contribution in [-0.4, -0.2) is 96.7 Å². The van der Waals surface area contributed by atoms with E-state index in [1.165, 1.54) is 263 Å². The lowest BCUT2D eigenvalue weighted by Gasteiger charge is -2.21. The fourth-order valence-corrected chi connectivity index (χ4v) is 14.3. The van der Waals surface area contributed by atoms with Gasteiger partial charge in [0.25, 0.3) is 0 Å². The minimum absolute atomic E-state index is 0.109. The van der Waals surface area contributed by atoms with Crippen molar-refractivity contribution in [2.45, 2.75) is 457 Å². The SMILES string of the molecule is CCCCCCCCCCCCCCCCCCCCCCC(=O)O[C@H](COC(=O)CCCCCCCCCCCCCCCCC(C)C)COP(=O)(O)OC[C@@H](O)COP(=O)(O)OC[C@@H](COC(=O)CCCCCCCCCC)OC(=O)CCCCCCCCCCCCCCCCCC. The third-order valence-electron chi connectivity index (χ3n) is 19.3. The molecule has 101 heavy (non-hydrogen) atoms. The van der Waals surface area contributed by atoms with Gasteiger partial charge in [0.1, 0.15) is 19.3 Å². The summed E-state index contributed by atoms with van der Waals surface area (Å²) in [6.07, 6.45) is 66.7. The van der Waals surface area contributed by atoms with Gasteiger partial charge >= 0.3 is 39.5 Å². The van der Waals surface area contributed by atoms with E-state index >= 15 is 0 Å². The summed E-state index contributed by atoms with van der Waals surface area (Å²) in [7, 11) is -9.92. The van der Waals surface area contributed by atoms with Crippen molar-refractivity contribution in [3.63, 3.8) is 0 Å².